The van der Waals surface area contributed by atoms with Crippen LogP contribution in [0.3, 0.4) is 0 Å². The first-order valence-corrected chi connectivity index (χ1v) is 10.0. The minimum atomic E-state index is -0.588. The monoisotopic (exact) mass is 325 g/mol. The summed E-state index contributed by atoms with van der Waals surface area (Å²) in [5, 5.41) is 9.04. The van der Waals surface area contributed by atoms with E-state index in [1.165, 1.54) is 70.9 Å². The summed E-state index contributed by atoms with van der Waals surface area (Å²) in [5.41, 5.74) is 0. The van der Waals surface area contributed by atoms with Crippen LogP contribution in [0, 0.1) is 11.8 Å². The molecule has 3 heteroatoms. The molecule has 0 atom stereocenters. The number of carboxylic acid groups (broad SMARTS) is 1. The van der Waals surface area contributed by atoms with Gasteiger partial charge in [0.2, 0.25) is 0 Å². The van der Waals surface area contributed by atoms with Crippen LogP contribution in [-0.4, -0.2) is 36.1 Å². The largest absolute Gasteiger partial charge is 0.481 e. The second kappa shape index (κ2) is 12.8. The molecule has 136 valence electrons. The summed E-state index contributed by atoms with van der Waals surface area (Å²) in [6, 6.07) is 0. The van der Waals surface area contributed by atoms with E-state index < -0.39 is 5.97 Å². The van der Waals surface area contributed by atoms with E-state index in [1.807, 2.05) is 0 Å². The van der Waals surface area contributed by atoms with Crippen molar-refractivity contribution < 1.29 is 9.90 Å². The first kappa shape index (κ1) is 20.5. The zero-order valence-corrected chi connectivity index (χ0v) is 15.6. The van der Waals surface area contributed by atoms with E-state index in [4.69, 9.17) is 5.11 Å². The van der Waals surface area contributed by atoms with Gasteiger partial charge in [0.15, 0.2) is 0 Å². The zero-order chi connectivity index (χ0) is 16.9. The van der Waals surface area contributed by atoms with Gasteiger partial charge in [0.1, 0.15) is 0 Å². The van der Waals surface area contributed by atoms with Gasteiger partial charge in [-0.15, -0.1) is 0 Å². The van der Waals surface area contributed by atoms with E-state index >= 15 is 0 Å². The Labute approximate surface area is 143 Å². The van der Waals surface area contributed by atoms with Crippen molar-refractivity contribution in [1.82, 2.24) is 4.90 Å². The van der Waals surface area contributed by atoms with Crippen LogP contribution < -0.4 is 0 Å². The van der Waals surface area contributed by atoms with Gasteiger partial charge in [-0.2, -0.15) is 0 Å². The number of carbonyl (C=O) groups is 1. The molecule has 0 spiro atoms. The molecule has 0 unspecified atom stereocenters. The molecule has 23 heavy (non-hydrogen) atoms. The fourth-order valence-corrected chi connectivity index (χ4v) is 3.73. The highest BCUT2D eigenvalue weighted by Crippen LogP contribution is 2.30. The second-order valence-electron chi connectivity index (χ2n) is 7.62. The van der Waals surface area contributed by atoms with Crippen molar-refractivity contribution in [2.24, 2.45) is 11.8 Å². The highest BCUT2D eigenvalue weighted by atomic mass is 16.4. The minimum Gasteiger partial charge on any atom is -0.481 e. The zero-order valence-electron chi connectivity index (χ0n) is 15.6. The molecule has 0 aromatic heterocycles. The molecule has 0 aromatic carbocycles. The van der Waals surface area contributed by atoms with E-state index in [0.29, 0.717) is 0 Å². The van der Waals surface area contributed by atoms with Crippen LogP contribution in [0.2, 0.25) is 0 Å². The van der Waals surface area contributed by atoms with Crippen LogP contribution in [0.15, 0.2) is 0 Å². The Morgan fingerprint density at radius 2 is 1.48 bits per heavy atom. The Morgan fingerprint density at radius 1 is 0.913 bits per heavy atom. The molecule has 1 saturated carbocycles. The number of aliphatic carboxylic acids is 1. The van der Waals surface area contributed by atoms with Crippen LogP contribution in [-0.2, 0) is 4.79 Å². The molecular weight excluding hydrogens is 286 g/mol. The summed E-state index contributed by atoms with van der Waals surface area (Å²) >= 11 is 0. The average molecular weight is 326 g/mol. The molecule has 0 radical (unpaired) electrons. The number of nitrogens with zero attached hydrogens (tertiary/aromatic N) is 1. The molecule has 0 amide bonds. The highest BCUT2D eigenvalue weighted by Gasteiger charge is 2.25. The Balaban J connectivity index is 1.92. The van der Waals surface area contributed by atoms with Gasteiger partial charge in [0.05, 0.1) is 5.92 Å². The maximum atomic E-state index is 11.0. The van der Waals surface area contributed by atoms with E-state index in [1.54, 1.807) is 0 Å². The van der Waals surface area contributed by atoms with Gasteiger partial charge >= 0.3 is 5.97 Å². The average Bonchev–Trinajstić information content (AvgIpc) is 2.55. The Morgan fingerprint density at radius 3 is 2.04 bits per heavy atom. The third-order valence-corrected chi connectivity index (χ3v) is 5.51. The van der Waals surface area contributed by atoms with Gasteiger partial charge in [0.25, 0.3) is 0 Å². The maximum absolute atomic E-state index is 11.0. The summed E-state index contributed by atoms with van der Waals surface area (Å²) in [7, 11) is 2.24. The van der Waals surface area contributed by atoms with Gasteiger partial charge in [-0.3, -0.25) is 4.79 Å². The molecule has 3 nitrogen and oxygen atoms in total. The standard InChI is InChI=1S/C20H39NO2/c1-3-4-5-6-7-8-9-10-16-21(2)17-15-18-11-13-19(14-12-18)20(22)23/h18-19H,3-17H2,1-2H3,(H,22,23). The molecule has 1 aliphatic carbocycles. The summed E-state index contributed by atoms with van der Waals surface area (Å²) in [6.07, 6.45) is 16.3. The summed E-state index contributed by atoms with van der Waals surface area (Å²) in [6.45, 7) is 4.67. The van der Waals surface area contributed by atoms with Crippen molar-refractivity contribution >= 4 is 5.97 Å². The Hall–Kier alpha value is -0.570. The molecule has 0 bridgehead atoms. The van der Waals surface area contributed by atoms with Gasteiger partial charge < -0.3 is 10.0 Å². The minimum absolute atomic E-state index is 0.0682. The van der Waals surface area contributed by atoms with E-state index in [-0.39, 0.29) is 5.92 Å². The van der Waals surface area contributed by atoms with Gasteiger partial charge in [-0.1, -0.05) is 51.9 Å². The number of rotatable bonds is 13. The lowest BCUT2D eigenvalue weighted by atomic mass is 9.80. The van der Waals surface area contributed by atoms with Crippen LogP contribution in [0.1, 0.15) is 90.4 Å². The van der Waals surface area contributed by atoms with Crippen molar-refractivity contribution in [2.45, 2.75) is 90.4 Å². The quantitative estimate of drug-likeness (QED) is 0.465. The normalized spacial score (nSPS) is 21.7. The second-order valence-corrected chi connectivity index (χ2v) is 7.62. The molecule has 0 heterocycles. The number of unbranched alkanes of at least 4 members (excludes halogenated alkanes) is 7. The number of hydrogen-bond acceptors (Lipinski definition) is 2. The lowest BCUT2D eigenvalue weighted by molar-refractivity contribution is -0.143. The lowest BCUT2D eigenvalue weighted by Gasteiger charge is -2.27. The highest BCUT2D eigenvalue weighted by molar-refractivity contribution is 5.69. The molecule has 0 saturated heterocycles. The molecule has 1 aliphatic rings. The van der Waals surface area contributed by atoms with E-state index in [0.717, 1.165) is 31.6 Å². The predicted molar refractivity (Wildman–Crippen MR) is 97.8 cm³/mol. The van der Waals surface area contributed by atoms with Crippen molar-refractivity contribution in [2.75, 3.05) is 20.1 Å². The number of carboxylic acids is 1. The van der Waals surface area contributed by atoms with Gasteiger partial charge in [-0.05, 0) is 64.6 Å². The Kier molecular flexibility index (Phi) is 11.4. The molecular formula is C20H39NO2. The van der Waals surface area contributed by atoms with Crippen LogP contribution in [0.25, 0.3) is 0 Å². The first-order chi connectivity index (χ1) is 11.1. The summed E-state index contributed by atoms with van der Waals surface area (Å²) in [4.78, 5) is 13.4. The number of hydrogen-bond donors (Lipinski definition) is 1. The van der Waals surface area contributed by atoms with Crippen LogP contribution in [0.5, 0.6) is 0 Å². The van der Waals surface area contributed by atoms with E-state index in [9.17, 15) is 4.79 Å². The smallest absolute Gasteiger partial charge is 0.306 e. The van der Waals surface area contributed by atoms with Crippen molar-refractivity contribution in [3.05, 3.63) is 0 Å². The predicted octanol–water partition coefficient (Wildman–Crippen LogP) is 5.34. The molecule has 0 aromatic rings. The fourth-order valence-electron chi connectivity index (χ4n) is 3.73. The van der Waals surface area contributed by atoms with E-state index in [2.05, 4.69) is 18.9 Å². The molecule has 0 aliphatic heterocycles. The van der Waals surface area contributed by atoms with Crippen molar-refractivity contribution in [3.63, 3.8) is 0 Å². The maximum Gasteiger partial charge on any atom is 0.306 e. The fraction of sp³-hybridized carbons (Fsp3) is 0.950. The molecule has 1 rings (SSSR count). The molecule has 1 N–H and O–H groups in total. The third-order valence-electron chi connectivity index (χ3n) is 5.51. The Bertz CT molecular complexity index is 298. The summed E-state index contributed by atoms with van der Waals surface area (Å²) in [5.74, 6) is 0.100. The molecule has 1 fully saturated rings. The lowest BCUT2D eigenvalue weighted by Crippen LogP contribution is -2.26. The van der Waals surface area contributed by atoms with Crippen molar-refractivity contribution in [3.8, 4) is 0 Å². The third kappa shape index (κ3) is 10.0. The SMILES string of the molecule is CCCCCCCCCCN(C)CCC1CCC(C(=O)O)CC1. The van der Waals surface area contributed by atoms with Crippen LogP contribution in [0.4, 0.5) is 0 Å². The van der Waals surface area contributed by atoms with Gasteiger partial charge in [0, 0.05) is 0 Å². The summed E-state index contributed by atoms with van der Waals surface area (Å²) < 4.78 is 0. The van der Waals surface area contributed by atoms with Crippen LogP contribution >= 0.6 is 0 Å². The first-order valence-electron chi connectivity index (χ1n) is 10.0. The van der Waals surface area contributed by atoms with Crippen molar-refractivity contribution in [1.29, 1.82) is 0 Å². The topological polar surface area (TPSA) is 40.5 Å². The van der Waals surface area contributed by atoms with Gasteiger partial charge in [-0.25, -0.2) is 0 Å².